The minimum absolute atomic E-state index is 0.0377. The highest BCUT2D eigenvalue weighted by Gasteiger charge is 2.35. The van der Waals surface area contributed by atoms with Gasteiger partial charge in [-0.2, -0.15) is 5.26 Å². The topological polar surface area (TPSA) is 98.2 Å². The SMILES string of the molecule is CCOc1ccc2nc(Cl)c(C3C(C#N)=C(N)OC(C)=C3C(C)=O)cc2c1. The average molecular weight is 384 g/mol. The number of hydrogen-bond acceptors (Lipinski definition) is 6. The van der Waals surface area contributed by atoms with Gasteiger partial charge in [0.05, 0.1) is 18.0 Å². The molecule has 1 aromatic heterocycles. The average Bonchev–Trinajstić information content (AvgIpc) is 2.60. The molecule has 1 aliphatic heterocycles. The van der Waals surface area contributed by atoms with Crippen molar-refractivity contribution in [1.82, 2.24) is 4.98 Å². The number of ketones is 1. The number of rotatable bonds is 4. The maximum absolute atomic E-state index is 12.3. The molecule has 0 bridgehead atoms. The van der Waals surface area contributed by atoms with Gasteiger partial charge in [0.15, 0.2) is 5.78 Å². The van der Waals surface area contributed by atoms with Gasteiger partial charge in [-0.15, -0.1) is 0 Å². The molecule has 0 fully saturated rings. The molecule has 0 saturated heterocycles. The molecule has 138 valence electrons. The molecule has 27 heavy (non-hydrogen) atoms. The van der Waals surface area contributed by atoms with Crippen LogP contribution in [0, 0.1) is 11.3 Å². The summed E-state index contributed by atoms with van der Waals surface area (Å²) in [6.07, 6.45) is 0. The second-order valence-electron chi connectivity index (χ2n) is 6.11. The van der Waals surface area contributed by atoms with Gasteiger partial charge in [0.2, 0.25) is 5.88 Å². The lowest BCUT2D eigenvalue weighted by atomic mass is 9.82. The highest BCUT2D eigenvalue weighted by atomic mass is 35.5. The van der Waals surface area contributed by atoms with Crippen LogP contribution in [-0.2, 0) is 9.53 Å². The zero-order chi connectivity index (χ0) is 19.7. The van der Waals surface area contributed by atoms with Crippen molar-refractivity contribution in [1.29, 1.82) is 5.26 Å². The van der Waals surface area contributed by atoms with E-state index in [9.17, 15) is 10.1 Å². The van der Waals surface area contributed by atoms with Crippen LogP contribution >= 0.6 is 11.6 Å². The summed E-state index contributed by atoms with van der Waals surface area (Å²) in [7, 11) is 0. The van der Waals surface area contributed by atoms with E-state index in [1.54, 1.807) is 6.92 Å². The molecule has 1 atom stereocenters. The molecule has 0 spiro atoms. The molecule has 1 aromatic carbocycles. The van der Waals surface area contributed by atoms with Gasteiger partial charge in [0.25, 0.3) is 0 Å². The number of nitriles is 1. The molecule has 3 rings (SSSR count). The van der Waals surface area contributed by atoms with E-state index < -0.39 is 5.92 Å². The van der Waals surface area contributed by atoms with Crippen molar-refractivity contribution >= 4 is 28.3 Å². The molecule has 7 heteroatoms. The predicted molar refractivity (Wildman–Crippen MR) is 102 cm³/mol. The van der Waals surface area contributed by atoms with E-state index in [1.165, 1.54) is 6.92 Å². The lowest BCUT2D eigenvalue weighted by Gasteiger charge is -2.27. The Balaban J connectivity index is 2.26. The van der Waals surface area contributed by atoms with Crippen molar-refractivity contribution in [3.63, 3.8) is 0 Å². The van der Waals surface area contributed by atoms with Gasteiger partial charge in [-0.05, 0) is 45.0 Å². The highest BCUT2D eigenvalue weighted by Crippen LogP contribution is 2.42. The Bertz CT molecular complexity index is 1050. The first-order valence-electron chi connectivity index (χ1n) is 8.39. The number of fused-ring (bicyclic) bond motifs is 1. The summed E-state index contributed by atoms with van der Waals surface area (Å²) in [4.78, 5) is 16.7. The lowest BCUT2D eigenvalue weighted by Crippen LogP contribution is -2.23. The van der Waals surface area contributed by atoms with Gasteiger partial charge >= 0.3 is 0 Å². The van der Waals surface area contributed by atoms with Crippen molar-refractivity contribution in [2.45, 2.75) is 26.7 Å². The smallest absolute Gasteiger partial charge is 0.205 e. The standard InChI is InChI=1S/C20H18ClN3O3/c1-4-26-13-5-6-16-12(7-13)8-14(19(21)24-16)18-15(9-22)20(23)27-11(3)17(18)10(2)25/h5-8,18H,4,23H2,1-3H3. The fourth-order valence-electron chi connectivity index (χ4n) is 3.25. The fraction of sp³-hybridized carbons (Fsp3) is 0.250. The molecule has 1 aliphatic rings. The minimum Gasteiger partial charge on any atom is -0.494 e. The van der Waals surface area contributed by atoms with E-state index >= 15 is 0 Å². The monoisotopic (exact) mass is 383 g/mol. The summed E-state index contributed by atoms with van der Waals surface area (Å²) in [5, 5.41) is 10.6. The van der Waals surface area contributed by atoms with Gasteiger partial charge in [0.1, 0.15) is 28.3 Å². The van der Waals surface area contributed by atoms with Crippen molar-refractivity contribution < 1.29 is 14.3 Å². The summed E-state index contributed by atoms with van der Waals surface area (Å²) < 4.78 is 10.9. The largest absolute Gasteiger partial charge is 0.494 e. The summed E-state index contributed by atoms with van der Waals surface area (Å²) in [6, 6.07) is 9.32. The van der Waals surface area contributed by atoms with Crippen LogP contribution in [0.1, 0.15) is 32.3 Å². The van der Waals surface area contributed by atoms with Gasteiger partial charge < -0.3 is 15.2 Å². The Morgan fingerprint density at radius 3 is 2.81 bits per heavy atom. The van der Waals surface area contributed by atoms with Gasteiger partial charge in [-0.25, -0.2) is 4.98 Å². The van der Waals surface area contributed by atoms with Crippen LogP contribution in [0.2, 0.25) is 5.15 Å². The van der Waals surface area contributed by atoms with E-state index in [2.05, 4.69) is 4.98 Å². The minimum atomic E-state index is -0.735. The summed E-state index contributed by atoms with van der Waals surface area (Å²) >= 11 is 6.44. The van der Waals surface area contributed by atoms with Gasteiger partial charge in [-0.3, -0.25) is 4.79 Å². The van der Waals surface area contributed by atoms with Crippen LogP contribution in [0.4, 0.5) is 0 Å². The zero-order valence-corrected chi connectivity index (χ0v) is 15.9. The lowest BCUT2D eigenvalue weighted by molar-refractivity contribution is -0.114. The van der Waals surface area contributed by atoms with Crippen LogP contribution < -0.4 is 10.5 Å². The molecular weight excluding hydrogens is 366 g/mol. The third kappa shape index (κ3) is 3.34. The Morgan fingerprint density at radius 2 is 2.19 bits per heavy atom. The van der Waals surface area contributed by atoms with E-state index in [-0.39, 0.29) is 22.4 Å². The molecule has 2 N–H and O–H groups in total. The normalized spacial score (nSPS) is 16.9. The van der Waals surface area contributed by atoms with Gasteiger partial charge in [-0.1, -0.05) is 11.6 Å². The van der Waals surface area contributed by atoms with E-state index in [4.69, 9.17) is 26.8 Å². The quantitative estimate of drug-likeness (QED) is 0.802. The van der Waals surface area contributed by atoms with Crippen molar-refractivity contribution in [3.05, 3.63) is 57.8 Å². The van der Waals surface area contributed by atoms with E-state index in [1.807, 2.05) is 37.3 Å². The number of nitrogens with two attached hydrogens (primary N) is 1. The number of pyridine rings is 1. The zero-order valence-electron chi connectivity index (χ0n) is 15.2. The maximum Gasteiger partial charge on any atom is 0.205 e. The third-order valence-corrected chi connectivity index (χ3v) is 4.68. The Morgan fingerprint density at radius 1 is 1.44 bits per heavy atom. The van der Waals surface area contributed by atoms with Crippen molar-refractivity contribution in [3.8, 4) is 11.8 Å². The first-order valence-corrected chi connectivity index (χ1v) is 8.77. The summed E-state index contributed by atoms with van der Waals surface area (Å²) in [5.41, 5.74) is 7.57. The van der Waals surface area contributed by atoms with E-state index in [0.29, 0.717) is 34.8 Å². The number of allylic oxidation sites excluding steroid dienone is 3. The van der Waals surface area contributed by atoms with Crippen LogP contribution in [0.25, 0.3) is 10.9 Å². The number of nitrogens with zero attached hydrogens (tertiary/aromatic N) is 2. The Kier molecular flexibility index (Phi) is 5.06. The number of aromatic nitrogens is 1. The van der Waals surface area contributed by atoms with Crippen LogP contribution in [0.15, 0.2) is 47.1 Å². The highest BCUT2D eigenvalue weighted by molar-refractivity contribution is 6.30. The summed E-state index contributed by atoms with van der Waals surface area (Å²) in [6.45, 7) is 5.49. The molecular formula is C20H18ClN3O3. The second kappa shape index (κ2) is 7.29. The molecule has 1 unspecified atom stereocenters. The van der Waals surface area contributed by atoms with Crippen LogP contribution in [0.3, 0.4) is 0 Å². The van der Waals surface area contributed by atoms with Crippen molar-refractivity contribution in [2.75, 3.05) is 6.61 Å². The van der Waals surface area contributed by atoms with Crippen LogP contribution in [0.5, 0.6) is 5.75 Å². The van der Waals surface area contributed by atoms with E-state index in [0.717, 1.165) is 5.39 Å². The molecule has 6 nitrogen and oxygen atoms in total. The Labute approximate surface area is 161 Å². The predicted octanol–water partition coefficient (Wildman–Crippen LogP) is 3.96. The number of hydrogen-bond donors (Lipinski definition) is 1. The van der Waals surface area contributed by atoms with Crippen molar-refractivity contribution in [2.24, 2.45) is 5.73 Å². The summed E-state index contributed by atoms with van der Waals surface area (Å²) in [5.74, 6) is 0.0481. The first-order chi connectivity index (χ1) is 12.9. The third-order valence-electron chi connectivity index (χ3n) is 4.37. The van der Waals surface area contributed by atoms with Gasteiger partial charge in [0, 0.05) is 16.5 Å². The molecule has 0 aliphatic carbocycles. The fourth-order valence-corrected chi connectivity index (χ4v) is 3.51. The molecule has 0 amide bonds. The number of carbonyl (C=O) groups excluding carboxylic acids is 1. The number of carbonyl (C=O) groups is 1. The molecule has 2 heterocycles. The molecule has 2 aromatic rings. The molecule has 0 radical (unpaired) electrons. The second-order valence-corrected chi connectivity index (χ2v) is 6.46. The Hall–Kier alpha value is -3.04. The first kappa shape index (κ1) is 18.7. The number of ether oxygens (including phenoxy) is 2. The number of Topliss-reactive ketones (excluding diaryl/α,β-unsaturated/α-hetero) is 1. The number of halogens is 1. The number of benzene rings is 1. The van der Waals surface area contributed by atoms with Crippen LogP contribution in [-0.4, -0.2) is 17.4 Å². The molecule has 0 saturated carbocycles. The maximum atomic E-state index is 12.3.